The molecule has 5 heteroatoms. The number of fused-ring (bicyclic) bond motifs is 1. The Morgan fingerprint density at radius 2 is 2.04 bits per heavy atom. The summed E-state index contributed by atoms with van der Waals surface area (Å²) in [4.78, 5) is 20.5. The van der Waals surface area contributed by atoms with Gasteiger partial charge in [0.15, 0.2) is 0 Å². The Kier molecular flexibility index (Phi) is 6.51. The van der Waals surface area contributed by atoms with Crippen molar-refractivity contribution in [2.45, 2.75) is 51.8 Å². The van der Waals surface area contributed by atoms with Crippen molar-refractivity contribution in [2.24, 2.45) is 5.92 Å². The second kappa shape index (κ2) is 8.39. The second-order valence-corrected chi connectivity index (χ2v) is 7.68. The zero-order valence-corrected chi connectivity index (χ0v) is 15.2. The molecular formula is C18H27N3OS. The van der Waals surface area contributed by atoms with Crippen molar-refractivity contribution in [3.05, 3.63) is 30.1 Å². The molecule has 1 heterocycles. The number of nitrogens with one attached hydrogen (secondary N) is 2. The van der Waals surface area contributed by atoms with Crippen LogP contribution in [0.15, 0.2) is 24.3 Å². The topological polar surface area (TPSA) is 57.8 Å². The number of rotatable bonds is 8. The lowest BCUT2D eigenvalue weighted by atomic mass is 10.0. The third-order valence-electron chi connectivity index (χ3n) is 3.90. The fourth-order valence-electron chi connectivity index (χ4n) is 2.42. The molecule has 0 spiro atoms. The molecule has 0 fully saturated rings. The van der Waals surface area contributed by atoms with Crippen LogP contribution in [-0.4, -0.2) is 26.9 Å². The lowest BCUT2D eigenvalue weighted by Gasteiger charge is -2.22. The first-order valence-electron chi connectivity index (χ1n) is 8.39. The summed E-state index contributed by atoms with van der Waals surface area (Å²) < 4.78 is 0. The van der Waals surface area contributed by atoms with Crippen LogP contribution in [0.2, 0.25) is 0 Å². The number of nitrogens with zero attached hydrogens (tertiary/aromatic N) is 1. The fourth-order valence-corrected chi connectivity index (χ4v) is 3.45. The molecule has 0 aliphatic heterocycles. The Balaban J connectivity index is 2.07. The predicted molar refractivity (Wildman–Crippen MR) is 98.6 cm³/mol. The lowest BCUT2D eigenvalue weighted by molar-refractivity contribution is -0.121. The molecule has 2 aromatic rings. The van der Waals surface area contributed by atoms with Gasteiger partial charge in [0.2, 0.25) is 5.91 Å². The van der Waals surface area contributed by atoms with E-state index in [0.717, 1.165) is 35.5 Å². The highest BCUT2D eigenvalue weighted by molar-refractivity contribution is 8.00. The van der Waals surface area contributed by atoms with Crippen molar-refractivity contribution in [3.8, 4) is 0 Å². The van der Waals surface area contributed by atoms with Crippen molar-refractivity contribution < 1.29 is 4.79 Å². The van der Waals surface area contributed by atoms with Gasteiger partial charge in [-0.1, -0.05) is 39.3 Å². The molecule has 0 radical (unpaired) electrons. The van der Waals surface area contributed by atoms with E-state index < -0.39 is 0 Å². The molecule has 2 atom stereocenters. The summed E-state index contributed by atoms with van der Waals surface area (Å²) in [6, 6.07) is 7.86. The average Bonchev–Trinajstić information content (AvgIpc) is 2.95. The molecule has 126 valence electrons. The standard InChI is InChI=1S/C18H27N3OS/c1-5-6-11-23-13(4)18(22)21-16(12(2)3)17-19-14-9-7-8-10-15(14)20-17/h7-10,12-13,16H,5-6,11H2,1-4H3,(H,19,20)(H,21,22). The molecule has 0 saturated carbocycles. The molecule has 1 amide bonds. The van der Waals surface area contributed by atoms with Gasteiger partial charge in [-0.3, -0.25) is 4.79 Å². The molecule has 0 bridgehead atoms. The molecule has 0 aliphatic carbocycles. The van der Waals surface area contributed by atoms with Crippen LogP contribution in [0.5, 0.6) is 0 Å². The van der Waals surface area contributed by atoms with E-state index in [1.165, 1.54) is 0 Å². The summed E-state index contributed by atoms with van der Waals surface area (Å²) in [6.45, 7) is 8.35. The van der Waals surface area contributed by atoms with Gasteiger partial charge in [-0.15, -0.1) is 11.8 Å². The maximum absolute atomic E-state index is 12.5. The van der Waals surface area contributed by atoms with Crippen molar-refractivity contribution in [3.63, 3.8) is 0 Å². The molecule has 0 saturated heterocycles. The normalized spacial score (nSPS) is 14.1. The molecule has 2 unspecified atom stereocenters. The van der Waals surface area contributed by atoms with Gasteiger partial charge in [-0.25, -0.2) is 4.98 Å². The van der Waals surface area contributed by atoms with Crippen LogP contribution >= 0.6 is 11.8 Å². The first-order chi connectivity index (χ1) is 11.0. The first-order valence-corrected chi connectivity index (χ1v) is 9.44. The Morgan fingerprint density at radius 3 is 2.70 bits per heavy atom. The molecule has 4 nitrogen and oxygen atoms in total. The van der Waals surface area contributed by atoms with Gasteiger partial charge in [-0.05, 0) is 37.1 Å². The van der Waals surface area contributed by atoms with E-state index in [1.54, 1.807) is 11.8 Å². The van der Waals surface area contributed by atoms with Crippen LogP contribution in [-0.2, 0) is 4.79 Å². The second-order valence-electron chi connectivity index (χ2n) is 6.24. The Hall–Kier alpha value is -1.49. The van der Waals surface area contributed by atoms with E-state index in [1.807, 2.05) is 31.2 Å². The van der Waals surface area contributed by atoms with Gasteiger partial charge in [0.05, 0.1) is 22.3 Å². The Morgan fingerprint density at radius 1 is 1.30 bits per heavy atom. The minimum atomic E-state index is -0.0934. The number of benzene rings is 1. The number of amides is 1. The van der Waals surface area contributed by atoms with Gasteiger partial charge in [-0.2, -0.15) is 0 Å². The number of thioether (sulfide) groups is 1. The smallest absolute Gasteiger partial charge is 0.233 e. The highest BCUT2D eigenvalue weighted by Gasteiger charge is 2.24. The summed E-state index contributed by atoms with van der Waals surface area (Å²) in [7, 11) is 0. The van der Waals surface area contributed by atoms with Crippen molar-refractivity contribution in [2.75, 3.05) is 5.75 Å². The zero-order chi connectivity index (χ0) is 16.8. The highest BCUT2D eigenvalue weighted by Crippen LogP contribution is 2.23. The lowest BCUT2D eigenvalue weighted by Crippen LogP contribution is -2.37. The quantitative estimate of drug-likeness (QED) is 0.708. The molecule has 23 heavy (non-hydrogen) atoms. The van der Waals surface area contributed by atoms with Crippen molar-refractivity contribution in [1.29, 1.82) is 0 Å². The largest absolute Gasteiger partial charge is 0.345 e. The number of unbranched alkanes of at least 4 members (excludes halogenated alkanes) is 1. The van der Waals surface area contributed by atoms with Gasteiger partial charge in [0, 0.05) is 0 Å². The minimum absolute atomic E-state index is 0.0350. The summed E-state index contributed by atoms with van der Waals surface area (Å²) in [5.74, 6) is 2.22. The molecular weight excluding hydrogens is 306 g/mol. The number of imidazole rings is 1. The van der Waals surface area contributed by atoms with Gasteiger partial charge in [0.25, 0.3) is 0 Å². The summed E-state index contributed by atoms with van der Waals surface area (Å²) >= 11 is 1.72. The van der Waals surface area contributed by atoms with Crippen LogP contribution < -0.4 is 5.32 Å². The van der Waals surface area contributed by atoms with Crippen LogP contribution in [0.4, 0.5) is 0 Å². The van der Waals surface area contributed by atoms with E-state index in [4.69, 9.17) is 0 Å². The number of carbonyl (C=O) groups is 1. The van der Waals surface area contributed by atoms with E-state index in [0.29, 0.717) is 0 Å². The molecule has 2 N–H and O–H groups in total. The first kappa shape index (κ1) is 17.9. The fraction of sp³-hybridized carbons (Fsp3) is 0.556. The minimum Gasteiger partial charge on any atom is -0.345 e. The van der Waals surface area contributed by atoms with Crippen molar-refractivity contribution in [1.82, 2.24) is 15.3 Å². The van der Waals surface area contributed by atoms with Crippen LogP contribution in [0.1, 0.15) is 52.4 Å². The third-order valence-corrected chi connectivity index (χ3v) is 5.14. The Labute approximate surface area is 142 Å². The molecule has 0 aliphatic rings. The number of hydrogen-bond acceptors (Lipinski definition) is 3. The molecule has 1 aromatic heterocycles. The van der Waals surface area contributed by atoms with E-state index in [-0.39, 0.29) is 23.1 Å². The van der Waals surface area contributed by atoms with E-state index >= 15 is 0 Å². The van der Waals surface area contributed by atoms with E-state index in [2.05, 4.69) is 36.1 Å². The SMILES string of the molecule is CCCCSC(C)C(=O)NC(c1nc2ccccc2[nH]1)C(C)C. The van der Waals surface area contributed by atoms with Gasteiger partial charge >= 0.3 is 0 Å². The number of carbonyl (C=O) groups excluding carboxylic acids is 1. The third kappa shape index (κ3) is 4.74. The zero-order valence-electron chi connectivity index (χ0n) is 14.4. The van der Waals surface area contributed by atoms with Crippen LogP contribution in [0.3, 0.4) is 0 Å². The Bertz CT molecular complexity index is 605. The summed E-state index contributed by atoms with van der Waals surface area (Å²) in [5.41, 5.74) is 1.94. The molecule has 2 rings (SSSR count). The molecule has 1 aromatic carbocycles. The monoisotopic (exact) mass is 333 g/mol. The summed E-state index contributed by atoms with van der Waals surface area (Å²) in [5, 5.41) is 3.13. The van der Waals surface area contributed by atoms with Crippen molar-refractivity contribution >= 4 is 28.7 Å². The predicted octanol–water partition coefficient (Wildman–Crippen LogP) is 4.30. The van der Waals surface area contributed by atoms with E-state index in [9.17, 15) is 4.79 Å². The number of para-hydroxylation sites is 2. The maximum atomic E-state index is 12.5. The van der Waals surface area contributed by atoms with Gasteiger partial charge < -0.3 is 10.3 Å². The van der Waals surface area contributed by atoms with Gasteiger partial charge in [0.1, 0.15) is 5.82 Å². The number of hydrogen-bond donors (Lipinski definition) is 2. The summed E-state index contributed by atoms with van der Waals surface area (Å²) in [6.07, 6.45) is 2.31. The highest BCUT2D eigenvalue weighted by atomic mass is 32.2. The number of aromatic amines is 1. The number of aromatic nitrogens is 2. The number of H-pyrrole nitrogens is 1. The average molecular weight is 334 g/mol. The van der Waals surface area contributed by atoms with Crippen LogP contribution in [0.25, 0.3) is 11.0 Å². The maximum Gasteiger partial charge on any atom is 0.233 e. The van der Waals surface area contributed by atoms with Crippen LogP contribution in [0, 0.1) is 5.92 Å².